The molecule has 4 nitrogen and oxygen atoms in total. The minimum absolute atomic E-state index is 0.250. The number of anilines is 2. The fraction of sp³-hybridized carbons (Fsp3) is 0.122. The van der Waals surface area contributed by atoms with Crippen LogP contribution in [-0.4, -0.2) is 17.1 Å². The molecule has 218 valence electrons. The number of hydrogen-bond acceptors (Lipinski definition) is 3. The number of hydrogen-bond donors (Lipinski definition) is 1. The molecule has 4 heteroatoms. The third kappa shape index (κ3) is 5.57. The van der Waals surface area contributed by atoms with Gasteiger partial charge in [-0.15, -0.1) is 0 Å². The van der Waals surface area contributed by atoms with Gasteiger partial charge >= 0.3 is 5.97 Å². The summed E-state index contributed by atoms with van der Waals surface area (Å²) < 4.78 is 0. The molecule has 2 atom stereocenters. The molecule has 0 aromatic heterocycles. The van der Waals surface area contributed by atoms with Crippen molar-refractivity contribution in [3.63, 3.8) is 0 Å². The van der Waals surface area contributed by atoms with E-state index in [0.717, 1.165) is 29.7 Å². The lowest BCUT2D eigenvalue weighted by molar-refractivity contribution is -0.132. The minimum atomic E-state index is -1.20. The Kier molecular flexibility index (Phi) is 7.59. The zero-order valence-electron chi connectivity index (χ0n) is 24.8. The number of rotatable bonds is 7. The second-order valence-electron chi connectivity index (χ2n) is 11.7. The Morgan fingerprint density at radius 1 is 0.733 bits per heavy atom. The number of nitrogens with zero attached hydrogens (tertiary/aromatic N) is 2. The van der Waals surface area contributed by atoms with Crippen molar-refractivity contribution in [1.82, 2.24) is 0 Å². The zero-order valence-corrected chi connectivity index (χ0v) is 24.8. The maximum absolute atomic E-state index is 11.4. The maximum Gasteiger partial charge on any atom is 0.346 e. The van der Waals surface area contributed by atoms with E-state index in [4.69, 9.17) is 0 Å². The number of aliphatic carboxylic acids is 1. The van der Waals surface area contributed by atoms with Crippen molar-refractivity contribution < 1.29 is 9.90 Å². The Morgan fingerprint density at radius 3 is 1.93 bits per heavy atom. The molecule has 1 aliphatic heterocycles. The summed E-state index contributed by atoms with van der Waals surface area (Å²) in [7, 11) is 0. The first-order valence-electron chi connectivity index (χ1n) is 15.4. The molecule has 1 N–H and O–H groups in total. The van der Waals surface area contributed by atoms with Crippen molar-refractivity contribution in [2.24, 2.45) is 0 Å². The Labute approximate surface area is 263 Å². The summed E-state index contributed by atoms with van der Waals surface area (Å²) in [5.41, 5.74) is 11.2. The van der Waals surface area contributed by atoms with Crippen LogP contribution in [0.2, 0.25) is 0 Å². The predicted octanol–water partition coefficient (Wildman–Crippen LogP) is 9.72. The minimum Gasteiger partial charge on any atom is -0.477 e. The smallest absolute Gasteiger partial charge is 0.346 e. The van der Waals surface area contributed by atoms with Crippen LogP contribution >= 0.6 is 0 Å². The van der Waals surface area contributed by atoms with Crippen molar-refractivity contribution >= 4 is 35.1 Å². The number of nitriles is 1. The summed E-state index contributed by atoms with van der Waals surface area (Å²) in [5, 5.41) is 18.5. The molecule has 45 heavy (non-hydrogen) atoms. The highest BCUT2D eigenvalue weighted by molar-refractivity contribution is 5.96. The predicted molar refractivity (Wildman–Crippen MR) is 182 cm³/mol. The first-order chi connectivity index (χ1) is 22.1. The lowest BCUT2D eigenvalue weighted by Gasteiger charge is -2.27. The zero-order chi connectivity index (χ0) is 30.8. The molecule has 0 spiro atoms. The van der Waals surface area contributed by atoms with Crippen LogP contribution in [0.1, 0.15) is 53.0 Å². The van der Waals surface area contributed by atoms with Crippen molar-refractivity contribution in [1.29, 1.82) is 5.26 Å². The first-order valence-corrected chi connectivity index (χ1v) is 15.4. The molecule has 1 aliphatic carbocycles. The first kappa shape index (κ1) is 28.1. The van der Waals surface area contributed by atoms with Gasteiger partial charge in [0.25, 0.3) is 0 Å². The van der Waals surface area contributed by atoms with Crippen molar-refractivity contribution in [2.45, 2.75) is 31.2 Å². The molecular formula is C41H32N2O2. The molecule has 0 bridgehead atoms. The van der Waals surface area contributed by atoms with Crippen LogP contribution < -0.4 is 4.90 Å². The Morgan fingerprint density at radius 2 is 1.33 bits per heavy atom. The molecular weight excluding hydrogens is 552 g/mol. The van der Waals surface area contributed by atoms with Crippen molar-refractivity contribution in [2.75, 3.05) is 4.90 Å². The maximum atomic E-state index is 11.4. The average molecular weight is 585 g/mol. The Hall–Kier alpha value is -5.66. The van der Waals surface area contributed by atoms with Crippen molar-refractivity contribution in [3.05, 3.63) is 161 Å². The van der Waals surface area contributed by atoms with Crippen molar-refractivity contribution in [3.8, 4) is 17.2 Å². The molecule has 1 saturated carbocycles. The van der Waals surface area contributed by atoms with E-state index in [-0.39, 0.29) is 5.57 Å². The van der Waals surface area contributed by atoms with Gasteiger partial charge in [0, 0.05) is 23.3 Å². The summed E-state index contributed by atoms with van der Waals surface area (Å²) in [4.78, 5) is 13.8. The molecule has 1 heterocycles. The highest BCUT2D eigenvalue weighted by atomic mass is 16.4. The van der Waals surface area contributed by atoms with Gasteiger partial charge in [-0.05, 0) is 93.8 Å². The summed E-state index contributed by atoms with van der Waals surface area (Å²) in [6.07, 6.45) is 7.12. The highest BCUT2D eigenvalue weighted by Crippen LogP contribution is 2.52. The van der Waals surface area contributed by atoms with E-state index in [1.807, 2.05) is 18.2 Å². The third-order valence-corrected chi connectivity index (χ3v) is 9.05. The van der Waals surface area contributed by atoms with Crippen LogP contribution in [0.5, 0.6) is 0 Å². The third-order valence-electron chi connectivity index (χ3n) is 9.05. The quantitative estimate of drug-likeness (QED) is 0.117. The SMILES string of the molecule is N#CC(=Cc1ccc2c(c1)C1CCCC1N2c1ccc(-c2ccc(C=C(c3ccccc3)c3ccccc3)cc2)cc1)C(=O)O. The van der Waals surface area contributed by atoms with Gasteiger partial charge in [-0.25, -0.2) is 4.79 Å². The van der Waals surface area contributed by atoms with Gasteiger partial charge in [0.05, 0.1) is 0 Å². The van der Waals surface area contributed by atoms with E-state index in [1.165, 1.54) is 51.6 Å². The van der Waals surface area contributed by atoms with Gasteiger partial charge < -0.3 is 10.0 Å². The largest absolute Gasteiger partial charge is 0.477 e. The molecule has 5 aromatic carbocycles. The van der Waals surface area contributed by atoms with Crippen LogP contribution in [0.15, 0.2) is 133 Å². The average Bonchev–Trinajstić information content (AvgIpc) is 3.68. The molecule has 2 unspecified atom stereocenters. The topological polar surface area (TPSA) is 64.3 Å². The van der Waals surface area contributed by atoms with Gasteiger partial charge in [-0.2, -0.15) is 5.26 Å². The van der Waals surface area contributed by atoms with Gasteiger partial charge in [0.15, 0.2) is 0 Å². The summed E-state index contributed by atoms with van der Waals surface area (Å²) >= 11 is 0. The van der Waals surface area contributed by atoms with Crippen LogP contribution in [0.25, 0.3) is 28.9 Å². The molecule has 2 aliphatic rings. The normalized spacial score (nSPS) is 16.9. The van der Waals surface area contributed by atoms with E-state index in [1.54, 1.807) is 6.07 Å². The van der Waals surface area contributed by atoms with E-state index in [9.17, 15) is 15.2 Å². The second kappa shape index (κ2) is 12.1. The van der Waals surface area contributed by atoms with Crippen LogP contribution in [0.4, 0.5) is 11.4 Å². The lowest BCUT2D eigenvalue weighted by atomic mass is 9.95. The fourth-order valence-corrected chi connectivity index (χ4v) is 6.93. The van der Waals surface area contributed by atoms with Crippen LogP contribution in [0, 0.1) is 11.3 Å². The monoisotopic (exact) mass is 584 g/mol. The summed E-state index contributed by atoms with van der Waals surface area (Å²) in [6.45, 7) is 0. The van der Waals surface area contributed by atoms with Gasteiger partial charge in [0.2, 0.25) is 0 Å². The number of carboxylic acid groups (broad SMARTS) is 1. The fourth-order valence-electron chi connectivity index (χ4n) is 6.93. The number of fused-ring (bicyclic) bond motifs is 3. The van der Waals surface area contributed by atoms with E-state index < -0.39 is 5.97 Å². The molecule has 7 rings (SSSR count). The molecule has 1 fully saturated rings. The van der Waals surface area contributed by atoms with Gasteiger partial charge in [-0.3, -0.25) is 0 Å². The Bertz CT molecular complexity index is 1910. The number of carbonyl (C=O) groups is 1. The summed E-state index contributed by atoms with van der Waals surface area (Å²) in [6, 6.07) is 46.8. The van der Waals surface area contributed by atoms with Crippen LogP contribution in [0.3, 0.4) is 0 Å². The Balaban J connectivity index is 1.15. The number of carboxylic acids is 1. The van der Waals surface area contributed by atoms with E-state index in [2.05, 4.69) is 120 Å². The molecule has 0 amide bonds. The second-order valence-corrected chi connectivity index (χ2v) is 11.7. The van der Waals surface area contributed by atoms with Gasteiger partial charge in [0.1, 0.15) is 11.6 Å². The van der Waals surface area contributed by atoms with Gasteiger partial charge in [-0.1, -0.05) is 110 Å². The van der Waals surface area contributed by atoms with E-state index in [0.29, 0.717) is 12.0 Å². The lowest BCUT2D eigenvalue weighted by Crippen LogP contribution is -2.26. The number of benzene rings is 5. The van der Waals surface area contributed by atoms with E-state index >= 15 is 0 Å². The summed E-state index contributed by atoms with van der Waals surface area (Å²) in [5.74, 6) is -0.797. The molecule has 0 saturated heterocycles. The molecule has 0 radical (unpaired) electrons. The standard InChI is InChI=1S/C41H32N2O2/c42-27-34(41(44)45)24-29-16-23-40-38(26-29)36-12-7-13-39(36)43(40)35-21-19-31(20-22-35)30-17-14-28(15-18-30)25-37(32-8-3-1-4-9-32)33-10-5-2-6-11-33/h1-6,8-11,14-26,36,39H,7,12-13H2,(H,44,45). The molecule has 5 aromatic rings. The van der Waals surface area contributed by atoms with Crippen LogP contribution in [-0.2, 0) is 4.79 Å². The highest BCUT2D eigenvalue weighted by Gasteiger charge is 2.42.